The molecule has 0 spiro atoms. The van der Waals surface area contributed by atoms with Crippen LogP contribution < -0.4 is 5.30 Å². The third-order valence-electron chi connectivity index (χ3n) is 1.20. The summed E-state index contributed by atoms with van der Waals surface area (Å²) < 4.78 is 13.2. The lowest BCUT2D eigenvalue weighted by atomic mass is 10.4. The van der Waals surface area contributed by atoms with Crippen molar-refractivity contribution in [1.29, 1.82) is 0 Å². The Morgan fingerprint density at radius 3 is 2.55 bits per heavy atom. The van der Waals surface area contributed by atoms with Crippen molar-refractivity contribution in [2.75, 3.05) is 5.75 Å². The minimum atomic E-state index is -1.46. The van der Waals surface area contributed by atoms with Gasteiger partial charge in [0.25, 0.3) is 0 Å². The highest BCUT2D eigenvalue weighted by Crippen LogP contribution is 2.49. The van der Waals surface area contributed by atoms with Gasteiger partial charge in [-0.1, -0.05) is 48.6 Å². The zero-order valence-electron chi connectivity index (χ0n) is 6.33. The van der Waals surface area contributed by atoms with E-state index in [4.69, 9.17) is 0 Å². The van der Waals surface area contributed by atoms with E-state index < -0.39 is 7.43 Å². The molecule has 0 N–H and O–H groups in total. The fourth-order valence-corrected chi connectivity index (χ4v) is 3.01. The van der Waals surface area contributed by atoms with Crippen LogP contribution in [0.15, 0.2) is 30.3 Å². The van der Waals surface area contributed by atoms with Crippen LogP contribution in [0.25, 0.3) is 0 Å². The lowest BCUT2D eigenvalue weighted by Gasteiger charge is -2.03. The summed E-state index contributed by atoms with van der Waals surface area (Å²) in [6.07, 6.45) is 0. The van der Waals surface area contributed by atoms with Crippen molar-refractivity contribution >= 4 is 24.1 Å². The lowest BCUT2D eigenvalue weighted by Crippen LogP contribution is -1.92. The molecule has 0 aliphatic rings. The van der Waals surface area contributed by atoms with Gasteiger partial charge in [-0.25, -0.2) is 4.20 Å². The Balaban J connectivity index is 2.61. The first-order valence-electron chi connectivity index (χ1n) is 3.48. The molecular weight excluding hydrogens is 178 g/mol. The normalized spacial score (nSPS) is 12.9. The van der Waals surface area contributed by atoms with Crippen molar-refractivity contribution in [3.05, 3.63) is 30.3 Å². The summed E-state index contributed by atoms with van der Waals surface area (Å²) in [5, 5.41) is 0.828. The third-order valence-corrected chi connectivity index (χ3v) is 4.48. The van der Waals surface area contributed by atoms with E-state index in [1.807, 2.05) is 37.3 Å². The highest BCUT2D eigenvalue weighted by atomic mass is 32.7. The van der Waals surface area contributed by atoms with Gasteiger partial charge in [-0.3, -0.25) is 0 Å². The number of benzene rings is 1. The van der Waals surface area contributed by atoms with Gasteiger partial charge >= 0.3 is 0 Å². The number of halogens is 1. The smallest absolute Gasteiger partial charge is 0.173 e. The topological polar surface area (TPSA) is 0 Å². The molecule has 1 atom stereocenters. The Bertz CT molecular complexity index is 203. The Labute approximate surface area is 71.8 Å². The van der Waals surface area contributed by atoms with E-state index in [0.29, 0.717) is 0 Å². The van der Waals surface area contributed by atoms with Crippen molar-refractivity contribution < 1.29 is 4.20 Å². The lowest BCUT2D eigenvalue weighted by molar-refractivity contribution is 0.924. The molecule has 0 aliphatic carbocycles. The van der Waals surface area contributed by atoms with Gasteiger partial charge < -0.3 is 0 Å². The zero-order valence-corrected chi connectivity index (χ0v) is 8.04. The maximum atomic E-state index is 13.2. The molecule has 1 unspecified atom stereocenters. The van der Waals surface area contributed by atoms with E-state index in [1.165, 1.54) is 11.4 Å². The summed E-state index contributed by atoms with van der Waals surface area (Å²) in [5.74, 6) is 0.844. The molecule has 1 aromatic carbocycles. The molecule has 0 heterocycles. The van der Waals surface area contributed by atoms with Gasteiger partial charge in [0, 0.05) is 5.30 Å². The van der Waals surface area contributed by atoms with E-state index in [2.05, 4.69) is 0 Å². The molecule has 0 bridgehead atoms. The van der Waals surface area contributed by atoms with Crippen LogP contribution in [0.5, 0.6) is 0 Å². The summed E-state index contributed by atoms with van der Waals surface area (Å²) in [6.45, 7) is 1.97. The summed E-state index contributed by atoms with van der Waals surface area (Å²) in [5.41, 5.74) is 0. The quantitative estimate of drug-likeness (QED) is 0.655. The molecule has 0 fully saturated rings. The van der Waals surface area contributed by atoms with Gasteiger partial charge in [0.05, 0.1) is 0 Å². The number of hydrogen-bond acceptors (Lipinski definition) is 1. The van der Waals surface area contributed by atoms with Gasteiger partial charge in [-0.2, -0.15) is 0 Å². The second-order valence-electron chi connectivity index (χ2n) is 2.00. The van der Waals surface area contributed by atoms with Crippen LogP contribution in [-0.4, -0.2) is 5.75 Å². The molecule has 0 radical (unpaired) electrons. The third kappa shape index (κ3) is 2.80. The molecule has 0 saturated carbocycles. The Hall–Kier alpha value is -0.0700. The molecule has 0 nitrogen and oxygen atoms in total. The fraction of sp³-hybridized carbons (Fsp3) is 0.250. The van der Waals surface area contributed by atoms with Crippen LogP contribution in [-0.2, 0) is 0 Å². The van der Waals surface area contributed by atoms with E-state index in [0.717, 1.165) is 11.1 Å². The minimum Gasteiger partial charge on any atom is -0.210 e. The second-order valence-corrected chi connectivity index (χ2v) is 5.58. The fourth-order valence-electron chi connectivity index (χ4n) is 0.733. The first kappa shape index (κ1) is 9.02. The van der Waals surface area contributed by atoms with E-state index >= 15 is 0 Å². The van der Waals surface area contributed by atoms with Crippen LogP contribution in [0.3, 0.4) is 0 Å². The highest BCUT2D eigenvalue weighted by molar-refractivity contribution is 8.56. The highest BCUT2D eigenvalue weighted by Gasteiger charge is 2.07. The largest absolute Gasteiger partial charge is 0.210 e. The standard InChI is InChI=1S/C8H10FPS/c1-2-11-10(9)8-6-4-3-5-7-8/h3-7H,2H2,1H3. The van der Waals surface area contributed by atoms with Crippen LogP contribution in [0.4, 0.5) is 4.20 Å². The second kappa shape index (κ2) is 4.74. The van der Waals surface area contributed by atoms with Crippen LogP contribution >= 0.6 is 18.8 Å². The first-order valence-corrected chi connectivity index (χ1v) is 6.30. The minimum absolute atomic E-state index is 0.828. The molecule has 0 amide bonds. The molecule has 1 aromatic rings. The maximum absolute atomic E-state index is 13.2. The SMILES string of the molecule is CCSP(F)c1ccccc1. The van der Waals surface area contributed by atoms with Gasteiger partial charge in [0.15, 0.2) is 7.43 Å². The first-order chi connectivity index (χ1) is 5.34. The van der Waals surface area contributed by atoms with Gasteiger partial charge in [0.2, 0.25) is 0 Å². The molecule has 0 saturated heterocycles. The predicted octanol–water partition coefficient (Wildman–Crippen LogP) is 3.35. The molecule has 0 aliphatic heterocycles. The zero-order chi connectivity index (χ0) is 8.10. The van der Waals surface area contributed by atoms with Crippen molar-refractivity contribution in [3.8, 4) is 0 Å². The summed E-state index contributed by atoms with van der Waals surface area (Å²) in [6, 6.07) is 9.34. The summed E-state index contributed by atoms with van der Waals surface area (Å²) >= 11 is 1.38. The maximum Gasteiger partial charge on any atom is 0.173 e. The van der Waals surface area contributed by atoms with E-state index in [-0.39, 0.29) is 0 Å². The number of hydrogen-bond donors (Lipinski definition) is 0. The van der Waals surface area contributed by atoms with Gasteiger partial charge in [-0.15, -0.1) is 0 Å². The molecule has 60 valence electrons. The van der Waals surface area contributed by atoms with Crippen molar-refractivity contribution in [1.82, 2.24) is 0 Å². The van der Waals surface area contributed by atoms with Crippen molar-refractivity contribution in [3.63, 3.8) is 0 Å². The van der Waals surface area contributed by atoms with Crippen molar-refractivity contribution in [2.24, 2.45) is 0 Å². The van der Waals surface area contributed by atoms with Gasteiger partial charge in [0.1, 0.15) is 0 Å². The van der Waals surface area contributed by atoms with Crippen LogP contribution in [0.2, 0.25) is 0 Å². The Kier molecular flexibility index (Phi) is 3.88. The summed E-state index contributed by atoms with van der Waals surface area (Å²) in [7, 11) is -1.46. The molecular formula is C8H10FPS. The Morgan fingerprint density at radius 1 is 1.36 bits per heavy atom. The average molecular weight is 188 g/mol. The molecule has 1 rings (SSSR count). The molecule has 11 heavy (non-hydrogen) atoms. The summed E-state index contributed by atoms with van der Waals surface area (Å²) in [4.78, 5) is 0. The monoisotopic (exact) mass is 188 g/mol. The van der Waals surface area contributed by atoms with Crippen LogP contribution in [0, 0.1) is 0 Å². The van der Waals surface area contributed by atoms with E-state index in [9.17, 15) is 4.20 Å². The molecule has 0 aromatic heterocycles. The average Bonchev–Trinajstić information content (AvgIpc) is 2.07. The van der Waals surface area contributed by atoms with Gasteiger partial charge in [-0.05, 0) is 5.75 Å². The predicted molar refractivity (Wildman–Crippen MR) is 52.2 cm³/mol. The molecule has 3 heteroatoms. The number of rotatable bonds is 3. The van der Waals surface area contributed by atoms with Crippen molar-refractivity contribution in [2.45, 2.75) is 6.92 Å². The Morgan fingerprint density at radius 2 is 2.00 bits per heavy atom. The van der Waals surface area contributed by atoms with Crippen LogP contribution in [0.1, 0.15) is 6.92 Å². The van der Waals surface area contributed by atoms with E-state index in [1.54, 1.807) is 0 Å².